The number of hydrogen-bond donors (Lipinski definition) is 2. The molecule has 0 aliphatic heterocycles. The molecule has 3 rings (SSSR count). The fourth-order valence-electron chi connectivity index (χ4n) is 1.94. The molecule has 0 fully saturated rings. The zero-order valence-electron chi connectivity index (χ0n) is 12.2. The molecule has 3 aromatic rings. The third-order valence-corrected chi connectivity index (χ3v) is 3.70. The summed E-state index contributed by atoms with van der Waals surface area (Å²) >= 11 is 3.49. The summed E-state index contributed by atoms with van der Waals surface area (Å²) in [6.07, 6.45) is 1.50. The van der Waals surface area contributed by atoms with Crippen molar-refractivity contribution in [1.29, 1.82) is 0 Å². The first kappa shape index (κ1) is 15.4. The molecule has 0 spiro atoms. The summed E-state index contributed by atoms with van der Waals surface area (Å²) < 4.78 is 13.8. The van der Waals surface area contributed by atoms with Crippen LogP contribution >= 0.6 is 15.9 Å². The van der Waals surface area contributed by atoms with Crippen LogP contribution in [0.1, 0.15) is 5.56 Å². The number of nitrogens with zero attached hydrogens (tertiary/aromatic N) is 3. The third-order valence-electron chi connectivity index (χ3n) is 3.05. The Morgan fingerprint density at radius 3 is 2.57 bits per heavy atom. The minimum absolute atomic E-state index is 0.289. The van der Waals surface area contributed by atoms with E-state index in [2.05, 4.69) is 41.7 Å². The predicted molar refractivity (Wildman–Crippen MR) is 91.7 cm³/mol. The van der Waals surface area contributed by atoms with Crippen LogP contribution in [-0.4, -0.2) is 15.2 Å². The van der Waals surface area contributed by atoms with Crippen molar-refractivity contribution < 1.29 is 4.39 Å². The van der Waals surface area contributed by atoms with Gasteiger partial charge in [0.25, 0.3) is 0 Å². The number of benzene rings is 2. The maximum absolute atomic E-state index is 12.9. The standard InChI is InChI=1S/C16H13BrFN5/c1-10-2-7-14(13(17)8-10)21-16-22-15(9-19-23-16)20-12-5-3-11(18)4-6-12/h2-9H,1H3,(H2,20,21,22,23). The molecule has 0 aliphatic rings. The van der Waals surface area contributed by atoms with E-state index in [-0.39, 0.29) is 5.82 Å². The van der Waals surface area contributed by atoms with Crippen molar-refractivity contribution in [2.24, 2.45) is 0 Å². The quantitative estimate of drug-likeness (QED) is 0.701. The monoisotopic (exact) mass is 373 g/mol. The number of hydrogen-bond acceptors (Lipinski definition) is 5. The summed E-state index contributed by atoms with van der Waals surface area (Å²) in [5, 5.41) is 14.0. The number of aryl methyl sites for hydroxylation is 1. The summed E-state index contributed by atoms with van der Waals surface area (Å²) in [5.74, 6) is 0.585. The molecule has 1 heterocycles. The van der Waals surface area contributed by atoms with Crippen molar-refractivity contribution in [3.05, 3.63) is 64.5 Å². The van der Waals surface area contributed by atoms with Crippen molar-refractivity contribution in [2.45, 2.75) is 6.92 Å². The van der Waals surface area contributed by atoms with Crippen LogP contribution in [0, 0.1) is 12.7 Å². The molecule has 2 aromatic carbocycles. The zero-order chi connectivity index (χ0) is 16.2. The highest BCUT2D eigenvalue weighted by Crippen LogP contribution is 2.25. The summed E-state index contributed by atoms with van der Waals surface area (Å²) in [5.41, 5.74) is 2.71. The Bertz CT molecular complexity index is 823. The fourth-order valence-corrected chi connectivity index (χ4v) is 2.53. The molecule has 0 bridgehead atoms. The number of halogens is 2. The predicted octanol–water partition coefficient (Wildman–Crippen LogP) is 4.57. The molecule has 116 valence electrons. The first-order valence-corrected chi connectivity index (χ1v) is 7.65. The van der Waals surface area contributed by atoms with E-state index in [0.717, 1.165) is 21.4 Å². The van der Waals surface area contributed by atoms with Gasteiger partial charge in [-0.2, -0.15) is 10.1 Å². The van der Waals surface area contributed by atoms with E-state index in [1.807, 2.05) is 25.1 Å². The van der Waals surface area contributed by atoms with Gasteiger partial charge in [0, 0.05) is 10.2 Å². The largest absolute Gasteiger partial charge is 0.339 e. The van der Waals surface area contributed by atoms with Crippen molar-refractivity contribution in [3.8, 4) is 0 Å². The molecule has 0 saturated heterocycles. The van der Waals surface area contributed by atoms with Crippen LogP contribution in [-0.2, 0) is 0 Å². The smallest absolute Gasteiger partial charge is 0.249 e. The highest BCUT2D eigenvalue weighted by atomic mass is 79.9. The van der Waals surface area contributed by atoms with Gasteiger partial charge < -0.3 is 10.6 Å². The minimum Gasteiger partial charge on any atom is -0.339 e. The molecular weight excluding hydrogens is 361 g/mol. The number of rotatable bonds is 4. The van der Waals surface area contributed by atoms with E-state index in [1.165, 1.54) is 18.3 Å². The van der Waals surface area contributed by atoms with Crippen molar-refractivity contribution >= 4 is 39.1 Å². The van der Waals surface area contributed by atoms with Crippen molar-refractivity contribution in [3.63, 3.8) is 0 Å². The van der Waals surface area contributed by atoms with Gasteiger partial charge in [-0.25, -0.2) is 4.39 Å². The molecule has 5 nitrogen and oxygen atoms in total. The lowest BCUT2D eigenvalue weighted by molar-refractivity contribution is 0.628. The topological polar surface area (TPSA) is 62.7 Å². The molecule has 1 aromatic heterocycles. The Morgan fingerprint density at radius 2 is 1.83 bits per heavy atom. The Morgan fingerprint density at radius 1 is 1.04 bits per heavy atom. The molecule has 0 atom stereocenters. The lowest BCUT2D eigenvalue weighted by atomic mass is 10.2. The first-order valence-electron chi connectivity index (χ1n) is 6.86. The van der Waals surface area contributed by atoms with E-state index in [4.69, 9.17) is 0 Å². The molecule has 0 radical (unpaired) electrons. The Hall–Kier alpha value is -2.54. The third kappa shape index (κ3) is 4.01. The second kappa shape index (κ2) is 6.70. The van der Waals surface area contributed by atoms with E-state index >= 15 is 0 Å². The SMILES string of the molecule is Cc1ccc(Nc2nncc(Nc3ccc(F)cc3)n2)c(Br)c1. The highest BCUT2D eigenvalue weighted by Gasteiger charge is 2.05. The minimum atomic E-state index is -0.289. The molecule has 0 saturated carbocycles. The summed E-state index contributed by atoms with van der Waals surface area (Å²) in [7, 11) is 0. The van der Waals surface area contributed by atoms with Gasteiger partial charge >= 0.3 is 0 Å². The van der Waals surface area contributed by atoms with Gasteiger partial charge in [-0.05, 0) is 64.8 Å². The van der Waals surface area contributed by atoms with E-state index in [9.17, 15) is 4.39 Å². The van der Waals surface area contributed by atoms with E-state index < -0.39 is 0 Å². The molecule has 0 aliphatic carbocycles. The number of aromatic nitrogens is 3. The van der Waals surface area contributed by atoms with Crippen LogP contribution in [0.2, 0.25) is 0 Å². The van der Waals surface area contributed by atoms with Gasteiger partial charge in [-0.15, -0.1) is 5.10 Å². The Kier molecular flexibility index (Phi) is 4.47. The van der Waals surface area contributed by atoms with Crippen LogP contribution in [0.25, 0.3) is 0 Å². The van der Waals surface area contributed by atoms with Crippen LogP contribution in [0.5, 0.6) is 0 Å². The molecule has 0 unspecified atom stereocenters. The maximum atomic E-state index is 12.9. The van der Waals surface area contributed by atoms with Crippen LogP contribution in [0.4, 0.5) is 27.5 Å². The number of anilines is 4. The average Bonchev–Trinajstić information content (AvgIpc) is 2.53. The van der Waals surface area contributed by atoms with Crippen LogP contribution in [0.15, 0.2) is 53.1 Å². The lowest BCUT2D eigenvalue weighted by Crippen LogP contribution is -2.02. The summed E-state index contributed by atoms with van der Waals surface area (Å²) in [4.78, 5) is 4.34. The molecule has 7 heteroatoms. The number of nitrogens with one attached hydrogen (secondary N) is 2. The van der Waals surface area contributed by atoms with Crippen LogP contribution < -0.4 is 10.6 Å². The Labute approximate surface area is 141 Å². The van der Waals surface area contributed by atoms with Gasteiger partial charge in [0.1, 0.15) is 5.82 Å². The zero-order valence-corrected chi connectivity index (χ0v) is 13.8. The maximum Gasteiger partial charge on any atom is 0.249 e. The van der Waals surface area contributed by atoms with Gasteiger partial charge in [0.05, 0.1) is 11.9 Å². The second-order valence-electron chi connectivity index (χ2n) is 4.91. The Balaban J connectivity index is 1.78. The van der Waals surface area contributed by atoms with E-state index in [1.54, 1.807) is 12.1 Å². The van der Waals surface area contributed by atoms with Crippen molar-refractivity contribution in [2.75, 3.05) is 10.6 Å². The highest BCUT2D eigenvalue weighted by molar-refractivity contribution is 9.10. The lowest BCUT2D eigenvalue weighted by Gasteiger charge is -2.09. The molecule has 23 heavy (non-hydrogen) atoms. The molecule has 2 N–H and O–H groups in total. The van der Waals surface area contributed by atoms with E-state index in [0.29, 0.717) is 11.8 Å². The molecule has 0 amide bonds. The van der Waals surface area contributed by atoms with Crippen molar-refractivity contribution in [1.82, 2.24) is 15.2 Å². The normalized spacial score (nSPS) is 10.4. The fraction of sp³-hybridized carbons (Fsp3) is 0.0625. The van der Waals surface area contributed by atoms with Gasteiger partial charge in [0.2, 0.25) is 5.95 Å². The van der Waals surface area contributed by atoms with Gasteiger partial charge in [-0.1, -0.05) is 6.07 Å². The first-order chi connectivity index (χ1) is 11.1. The van der Waals surface area contributed by atoms with Gasteiger partial charge in [-0.3, -0.25) is 0 Å². The summed E-state index contributed by atoms with van der Waals surface area (Å²) in [6.45, 7) is 2.01. The van der Waals surface area contributed by atoms with Crippen LogP contribution in [0.3, 0.4) is 0 Å². The van der Waals surface area contributed by atoms with Gasteiger partial charge in [0.15, 0.2) is 5.82 Å². The second-order valence-corrected chi connectivity index (χ2v) is 5.76. The summed E-state index contributed by atoms with van der Waals surface area (Å²) in [6, 6.07) is 11.9. The molecular formula is C16H13BrFN5. The average molecular weight is 374 g/mol.